The van der Waals surface area contributed by atoms with Gasteiger partial charge in [-0.05, 0) is 43.2 Å². The first-order valence-electron chi connectivity index (χ1n) is 9.29. The Bertz CT molecular complexity index is 998. The van der Waals surface area contributed by atoms with Crippen LogP contribution in [0.15, 0.2) is 42.9 Å². The van der Waals surface area contributed by atoms with Crippen LogP contribution in [0, 0.1) is 5.82 Å². The van der Waals surface area contributed by atoms with Gasteiger partial charge in [0.2, 0.25) is 5.91 Å². The Hall–Kier alpha value is -2.08. The van der Waals surface area contributed by atoms with E-state index in [2.05, 4.69) is 41.8 Å². The molecule has 1 unspecified atom stereocenters. The van der Waals surface area contributed by atoms with E-state index in [4.69, 9.17) is 0 Å². The van der Waals surface area contributed by atoms with Crippen LogP contribution in [0.5, 0.6) is 0 Å². The van der Waals surface area contributed by atoms with Crippen LogP contribution >= 0.6 is 30.3 Å². The summed E-state index contributed by atoms with van der Waals surface area (Å²) in [5, 5.41) is 7.53. The molecular weight excluding hydrogens is 506 g/mol. The zero-order valence-corrected chi connectivity index (χ0v) is 18.5. The molecule has 3 heterocycles. The maximum atomic E-state index is 13.0. The molecule has 7 nitrogen and oxygen atoms in total. The fraction of sp³-hybridized carbons (Fsp3) is 0.316. The number of anilines is 2. The van der Waals surface area contributed by atoms with Gasteiger partial charge in [0.25, 0.3) is 0 Å². The van der Waals surface area contributed by atoms with Crippen molar-refractivity contribution >= 4 is 58.8 Å². The smallest absolute Gasteiger partial charge is 0.241 e. The molecule has 2 aromatic heterocycles. The van der Waals surface area contributed by atoms with Gasteiger partial charge in [0.1, 0.15) is 18.0 Å². The molecule has 1 saturated heterocycles. The van der Waals surface area contributed by atoms with E-state index in [0.29, 0.717) is 6.54 Å². The molecule has 10 heteroatoms. The second kappa shape index (κ2) is 9.16. The highest BCUT2D eigenvalue weighted by Crippen LogP contribution is 2.27. The Balaban J connectivity index is 1.37. The fourth-order valence-electron chi connectivity index (χ4n) is 3.47. The molecule has 152 valence electrons. The summed E-state index contributed by atoms with van der Waals surface area (Å²) >= 11 is 2.22. The number of halogens is 2. The zero-order chi connectivity index (χ0) is 20.2. The number of nitrogens with zero attached hydrogens (tertiary/aromatic N) is 4. The van der Waals surface area contributed by atoms with Crippen LogP contribution in [0.25, 0.3) is 11.0 Å². The van der Waals surface area contributed by atoms with E-state index >= 15 is 0 Å². The number of carbonyl (C=O) groups excluding carboxylic acids is 1. The highest BCUT2D eigenvalue weighted by atomic mass is 127. The number of aromatic nitrogens is 3. The molecule has 0 bridgehead atoms. The Morgan fingerprint density at radius 1 is 1.28 bits per heavy atom. The third-order valence-corrected chi connectivity index (χ3v) is 6.64. The monoisotopic (exact) mass is 526 g/mol. The number of piperidine rings is 1. The molecule has 1 aromatic carbocycles. The Morgan fingerprint density at radius 2 is 2.10 bits per heavy atom. The van der Waals surface area contributed by atoms with Gasteiger partial charge in [0.15, 0.2) is 5.65 Å². The van der Waals surface area contributed by atoms with Gasteiger partial charge in [-0.15, -0.1) is 0 Å². The minimum Gasteiger partial charge on any atom is -0.376 e. The summed E-state index contributed by atoms with van der Waals surface area (Å²) in [6, 6.07) is 8.14. The van der Waals surface area contributed by atoms with Gasteiger partial charge in [0.05, 0.1) is 11.9 Å². The van der Waals surface area contributed by atoms with Crippen molar-refractivity contribution in [2.75, 3.05) is 30.3 Å². The third-order valence-electron chi connectivity index (χ3n) is 4.93. The number of likely N-dealkylation sites (tertiary alicyclic amines) is 1. The fourth-order valence-corrected chi connectivity index (χ4v) is 4.74. The van der Waals surface area contributed by atoms with E-state index in [1.165, 1.54) is 12.1 Å². The minimum atomic E-state index is -0.293. The molecular formula is C19H20FIN6OS. The number of hydrogen-bond acceptors (Lipinski definition) is 6. The summed E-state index contributed by atoms with van der Waals surface area (Å²) in [6.07, 6.45) is 5.44. The van der Waals surface area contributed by atoms with Crippen molar-refractivity contribution in [2.45, 2.75) is 18.9 Å². The van der Waals surface area contributed by atoms with Crippen LogP contribution in [-0.4, -0.2) is 50.4 Å². The van der Waals surface area contributed by atoms with Crippen LogP contribution in [0.3, 0.4) is 0 Å². The van der Waals surface area contributed by atoms with Crippen molar-refractivity contribution in [1.82, 2.24) is 18.8 Å². The summed E-state index contributed by atoms with van der Waals surface area (Å²) in [4.78, 5) is 23.2. The molecule has 1 amide bonds. The van der Waals surface area contributed by atoms with Crippen molar-refractivity contribution in [3.63, 3.8) is 0 Å². The second-order valence-electron chi connectivity index (χ2n) is 6.85. The van der Waals surface area contributed by atoms with Gasteiger partial charge in [-0.3, -0.25) is 8.77 Å². The molecule has 2 N–H and O–H groups in total. The highest BCUT2D eigenvalue weighted by molar-refractivity contribution is 14.2. The Kier molecular flexibility index (Phi) is 6.38. The lowest BCUT2D eigenvalue weighted by atomic mass is 10.1. The number of carbonyl (C=O) groups is 1. The van der Waals surface area contributed by atoms with Crippen molar-refractivity contribution in [1.29, 1.82) is 0 Å². The lowest BCUT2D eigenvalue weighted by Gasteiger charge is -2.33. The molecule has 1 aliphatic rings. The normalized spacial score (nSPS) is 16.8. The van der Waals surface area contributed by atoms with Gasteiger partial charge in [-0.1, -0.05) is 0 Å². The summed E-state index contributed by atoms with van der Waals surface area (Å²) in [6.45, 7) is 1.55. The lowest BCUT2D eigenvalue weighted by molar-refractivity contribution is -0.130. The van der Waals surface area contributed by atoms with E-state index in [9.17, 15) is 9.18 Å². The average Bonchev–Trinajstić information content (AvgIpc) is 3.17. The van der Waals surface area contributed by atoms with Crippen LogP contribution < -0.4 is 10.6 Å². The first kappa shape index (κ1) is 20.2. The van der Waals surface area contributed by atoms with Gasteiger partial charge >= 0.3 is 0 Å². The van der Waals surface area contributed by atoms with Crippen molar-refractivity contribution in [3.05, 3.63) is 48.7 Å². The molecule has 29 heavy (non-hydrogen) atoms. The molecule has 1 atom stereocenters. The SMILES string of the molecule is O=C(CNc1ccc(F)cc1)N1CCCC(Nc2ncnc3c2ccn3SI)C1. The maximum absolute atomic E-state index is 13.0. The predicted molar refractivity (Wildman–Crippen MR) is 123 cm³/mol. The van der Waals surface area contributed by atoms with E-state index < -0.39 is 0 Å². The minimum absolute atomic E-state index is 0.0288. The van der Waals surface area contributed by atoms with E-state index in [0.717, 1.165) is 41.9 Å². The van der Waals surface area contributed by atoms with Gasteiger partial charge in [-0.25, -0.2) is 14.4 Å². The number of rotatable bonds is 6. The van der Waals surface area contributed by atoms with E-state index in [1.807, 2.05) is 21.1 Å². The molecule has 1 fully saturated rings. The van der Waals surface area contributed by atoms with Crippen LogP contribution in [0.1, 0.15) is 12.8 Å². The molecule has 0 aliphatic carbocycles. The molecule has 4 rings (SSSR count). The lowest BCUT2D eigenvalue weighted by Crippen LogP contribution is -2.47. The summed E-state index contributed by atoms with van der Waals surface area (Å²) in [5.41, 5.74) is 1.60. The predicted octanol–water partition coefficient (Wildman–Crippen LogP) is 3.93. The Labute approximate surface area is 184 Å². The van der Waals surface area contributed by atoms with Gasteiger partial charge in [-0.2, -0.15) is 0 Å². The van der Waals surface area contributed by atoms with Crippen molar-refractivity contribution in [3.8, 4) is 0 Å². The largest absolute Gasteiger partial charge is 0.376 e. The molecule has 3 aromatic rings. The number of nitrogens with one attached hydrogen (secondary N) is 2. The van der Waals surface area contributed by atoms with Gasteiger partial charge < -0.3 is 15.5 Å². The van der Waals surface area contributed by atoms with Crippen molar-refractivity contribution in [2.24, 2.45) is 0 Å². The van der Waals surface area contributed by atoms with Crippen LogP contribution in [-0.2, 0) is 4.79 Å². The molecule has 0 radical (unpaired) electrons. The number of fused-ring (bicyclic) bond motifs is 1. The first-order valence-corrected chi connectivity index (χ1v) is 12.6. The highest BCUT2D eigenvalue weighted by Gasteiger charge is 2.24. The van der Waals surface area contributed by atoms with Crippen LogP contribution in [0.2, 0.25) is 0 Å². The molecule has 0 saturated carbocycles. The van der Waals surface area contributed by atoms with Gasteiger partial charge in [0, 0.05) is 61.3 Å². The van der Waals surface area contributed by atoms with Crippen LogP contribution in [0.4, 0.5) is 15.9 Å². The maximum Gasteiger partial charge on any atom is 0.241 e. The summed E-state index contributed by atoms with van der Waals surface area (Å²) in [5.74, 6) is 0.530. The summed E-state index contributed by atoms with van der Waals surface area (Å²) < 4.78 is 15.0. The summed E-state index contributed by atoms with van der Waals surface area (Å²) in [7, 11) is 1.56. The number of benzene rings is 1. The first-order chi connectivity index (χ1) is 14.1. The van der Waals surface area contributed by atoms with E-state index in [1.54, 1.807) is 27.6 Å². The van der Waals surface area contributed by atoms with E-state index in [-0.39, 0.29) is 24.3 Å². The molecule has 0 spiro atoms. The average molecular weight is 526 g/mol. The second-order valence-corrected chi connectivity index (χ2v) is 8.57. The quantitative estimate of drug-likeness (QED) is 0.475. The van der Waals surface area contributed by atoms with Crippen molar-refractivity contribution < 1.29 is 9.18 Å². The third kappa shape index (κ3) is 4.74. The Morgan fingerprint density at radius 3 is 2.90 bits per heavy atom. The number of hydrogen-bond donors (Lipinski definition) is 2. The topological polar surface area (TPSA) is 75.1 Å². The zero-order valence-electron chi connectivity index (χ0n) is 15.5. The standard InChI is InChI=1S/C19H20FIN6OS/c20-13-3-5-14(6-4-13)22-10-17(28)26-8-1-2-15(11-26)25-18-16-7-9-27(29-21)19(16)24-12-23-18/h3-7,9,12,15,22H,1-2,8,10-11H2,(H,23,24,25). The molecule has 1 aliphatic heterocycles. The number of amides is 1.